The topological polar surface area (TPSA) is 12.9 Å². The van der Waals surface area contributed by atoms with Crippen molar-refractivity contribution in [1.82, 2.24) is 4.98 Å². The molecule has 0 spiro atoms. The molecule has 2 aliphatic carbocycles. The molecule has 1 unspecified atom stereocenters. The first-order chi connectivity index (χ1) is 12.8. The van der Waals surface area contributed by atoms with Crippen LogP contribution in [0.1, 0.15) is 65.6 Å². The maximum absolute atomic E-state index is 4.94. The molecule has 140 valence electrons. The van der Waals surface area contributed by atoms with Crippen molar-refractivity contribution in [2.45, 2.75) is 59.8 Å². The number of aromatic nitrogens is 1. The molecule has 0 bridgehead atoms. The van der Waals surface area contributed by atoms with Gasteiger partial charge in [0.25, 0.3) is 0 Å². The third-order valence-corrected chi connectivity index (χ3v) is 6.53. The number of nitrogens with zero attached hydrogens (tertiary/aromatic N) is 1. The first kappa shape index (κ1) is 18.2. The van der Waals surface area contributed by atoms with Crippen LogP contribution in [0.25, 0.3) is 16.3 Å². The Hall–Kier alpha value is -2.15. The first-order valence-electron chi connectivity index (χ1n) is 10.3. The Bertz CT molecular complexity index is 993. The molecule has 27 heavy (non-hydrogen) atoms. The highest BCUT2D eigenvalue weighted by molar-refractivity contribution is 6.00. The molecule has 2 aliphatic rings. The van der Waals surface area contributed by atoms with Crippen molar-refractivity contribution in [3.63, 3.8) is 0 Å². The van der Waals surface area contributed by atoms with E-state index in [1.54, 1.807) is 0 Å². The van der Waals surface area contributed by atoms with Crippen molar-refractivity contribution in [3.8, 4) is 0 Å². The average molecular weight is 358 g/mol. The summed E-state index contributed by atoms with van der Waals surface area (Å²) in [5.74, 6) is 1.12. The van der Waals surface area contributed by atoms with Gasteiger partial charge in [-0.25, -0.2) is 0 Å². The van der Waals surface area contributed by atoms with Crippen LogP contribution in [-0.2, 0) is 5.41 Å². The molecule has 0 fully saturated rings. The number of allylic oxidation sites excluding steroid dienone is 6. The first-order valence-corrected chi connectivity index (χ1v) is 10.3. The Morgan fingerprint density at radius 2 is 1.96 bits per heavy atom. The van der Waals surface area contributed by atoms with Crippen LogP contribution in [0.3, 0.4) is 0 Å². The molecule has 0 amide bonds. The average Bonchev–Trinajstić information content (AvgIpc) is 2.62. The predicted octanol–water partition coefficient (Wildman–Crippen LogP) is 7.24. The molecule has 1 atom stereocenters. The van der Waals surface area contributed by atoms with E-state index in [0.717, 1.165) is 12.8 Å². The zero-order valence-electron chi connectivity index (χ0n) is 17.6. The van der Waals surface area contributed by atoms with Crippen LogP contribution in [0.4, 0.5) is 0 Å². The minimum Gasteiger partial charge on any atom is -0.256 e. The standard InChI is InChI=1S/C26H31N/c1-16(2)9-7-11-20-15-17(3)18(4)24-23(20)25-22-19(13-14-27-25)10-8-12-21(22)26(24,5)6/h7-10,12-14,16,20H,11,15H2,1-6H3. The number of fused-ring (bicyclic) bond motifs is 1. The van der Waals surface area contributed by atoms with E-state index < -0.39 is 0 Å². The fourth-order valence-electron chi connectivity index (χ4n) is 5.17. The van der Waals surface area contributed by atoms with Gasteiger partial charge < -0.3 is 0 Å². The Labute approximate surface area is 163 Å². The molecule has 1 aromatic carbocycles. The van der Waals surface area contributed by atoms with Gasteiger partial charge in [-0.15, -0.1) is 0 Å². The number of benzene rings is 1. The number of pyridine rings is 1. The van der Waals surface area contributed by atoms with E-state index >= 15 is 0 Å². The van der Waals surface area contributed by atoms with Gasteiger partial charge in [0, 0.05) is 17.0 Å². The molecular formula is C26H31N. The molecule has 0 aliphatic heterocycles. The lowest BCUT2D eigenvalue weighted by atomic mass is 9.61. The van der Waals surface area contributed by atoms with Crippen LogP contribution in [0.2, 0.25) is 0 Å². The molecule has 0 saturated heterocycles. The van der Waals surface area contributed by atoms with E-state index in [0.29, 0.717) is 11.8 Å². The third-order valence-electron chi connectivity index (χ3n) is 6.53. The highest BCUT2D eigenvalue weighted by Crippen LogP contribution is 2.54. The van der Waals surface area contributed by atoms with E-state index in [1.807, 2.05) is 6.20 Å². The Morgan fingerprint density at radius 1 is 1.19 bits per heavy atom. The van der Waals surface area contributed by atoms with Crippen LogP contribution in [-0.4, -0.2) is 4.98 Å². The van der Waals surface area contributed by atoms with Gasteiger partial charge in [0.2, 0.25) is 0 Å². The number of rotatable bonds is 3. The molecule has 1 heteroatoms. The second-order valence-electron chi connectivity index (χ2n) is 9.19. The van der Waals surface area contributed by atoms with E-state index in [9.17, 15) is 0 Å². The molecule has 2 aromatic rings. The van der Waals surface area contributed by atoms with Crippen LogP contribution in [0.5, 0.6) is 0 Å². The van der Waals surface area contributed by atoms with E-state index in [2.05, 4.69) is 78.0 Å². The van der Waals surface area contributed by atoms with E-state index in [4.69, 9.17) is 4.98 Å². The maximum Gasteiger partial charge on any atom is 0.0749 e. The van der Waals surface area contributed by atoms with Crippen LogP contribution in [0, 0.1) is 11.8 Å². The van der Waals surface area contributed by atoms with Crippen molar-refractivity contribution in [3.05, 3.63) is 70.6 Å². The second-order valence-corrected chi connectivity index (χ2v) is 9.19. The Kier molecular flexibility index (Phi) is 4.37. The minimum absolute atomic E-state index is 0.0106. The van der Waals surface area contributed by atoms with Gasteiger partial charge in [0.1, 0.15) is 0 Å². The third kappa shape index (κ3) is 2.79. The molecule has 0 N–H and O–H groups in total. The quantitative estimate of drug-likeness (QED) is 0.528. The second kappa shape index (κ2) is 6.48. The lowest BCUT2D eigenvalue weighted by molar-refractivity contribution is 0.580. The summed E-state index contributed by atoms with van der Waals surface area (Å²) in [6.07, 6.45) is 8.96. The summed E-state index contributed by atoms with van der Waals surface area (Å²) in [6.45, 7) is 13.9. The van der Waals surface area contributed by atoms with E-state index in [-0.39, 0.29) is 5.41 Å². The lowest BCUT2D eigenvalue weighted by Gasteiger charge is -2.42. The van der Waals surface area contributed by atoms with Crippen molar-refractivity contribution < 1.29 is 0 Å². The molecule has 4 rings (SSSR count). The monoisotopic (exact) mass is 357 g/mol. The minimum atomic E-state index is 0.0106. The van der Waals surface area contributed by atoms with Crippen molar-refractivity contribution in [2.75, 3.05) is 0 Å². The Balaban J connectivity index is 1.99. The molecule has 1 heterocycles. The summed E-state index contributed by atoms with van der Waals surface area (Å²) in [5.41, 5.74) is 8.70. The number of hydrogen-bond acceptors (Lipinski definition) is 1. The van der Waals surface area contributed by atoms with Gasteiger partial charge in [-0.3, -0.25) is 4.98 Å². The lowest BCUT2D eigenvalue weighted by Crippen LogP contribution is -2.31. The van der Waals surface area contributed by atoms with Gasteiger partial charge in [-0.2, -0.15) is 0 Å². The summed E-state index contributed by atoms with van der Waals surface area (Å²) in [7, 11) is 0. The normalized spacial score (nSPS) is 21.5. The number of hydrogen-bond donors (Lipinski definition) is 0. The van der Waals surface area contributed by atoms with Crippen LogP contribution in [0.15, 0.2) is 59.3 Å². The van der Waals surface area contributed by atoms with Gasteiger partial charge in [0.15, 0.2) is 0 Å². The highest BCUT2D eigenvalue weighted by atomic mass is 14.7. The highest BCUT2D eigenvalue weighted by Gasteiger charge is 2.41. The SMILES string of the molecule is CC1=C(C)C2=C(c3nccc4cccc(c34)C2(C)C)C(CC=CC(C)C)C1. The van der Waals surface area contributed by atoms with Gasteiger partial charge in [0.05, 0.1) is 5.69 Å². The summed E-state index contributed by atoms with van der Waals surface area (Å²) in [6, 6.07) is 8.90. The zero-order valence-corrected chi connectivity index (χ0v) is 17.6. The fourth-order valence-corrected chi connectivity index (χ4v) is 5.17. The molecule has 1 aromatic heterocycles. The van der Waals surface area contributed by atoms with Crippen LogP contribution < -0.4 is 0 Å². The summed E-state index contributed by atoms with van der Waals surface area (Å²) in [4.78, 5) is 4.94. The van der Waals surface area contributed by atoms with Crippen molar-refractivity contribution in [1.29, 1.82) is 0 Å². The van der Waals surface area contributed by atoms with Gasteiger partial charge in [-0.05, 0) is 72.3 Å². The summed E-state index contributed by atoms with van der Waals surface area (Å²) >= 11 is 0. The maximum atomic E-state index is 4.94. The van der Waals surface area contributed by atoms with Crippen LogP contribution >= 0.6 is 0 Å². The molecule has 0 saturated carbocycles. The van der Waals surface area contributed by atoms with Gasteiger partial charge in [-0.1, -0.05) is 63.6 Å². The smallest absolute Gasteiger partial charge is 0.0749 e. The van der Waals surface area contributed by atoms with Crippen molar-refractivity contribution >= 4 is 16.3 Å². The molecular weight excluding hydrogens is 326 g/mol. The van der Waals surface area contributed by atoms with Crippen molar-refractivity contribution in [2.24, 2.45) is 11.8 Å². The van der Waals surface area contributed by atoms with Gasteiger partial charge >= 0.3 is 0 Å². The zero-order chi connectivity index (χ0) is 19.3. The van der Waals surface area contributed by atoms with E-state index in [1.165, 1.54) is 44.3 Å². The summed E-state index contributed by atoms with van der Waals surface area (Å²) in [5, 5.41) is 2.69. The largest absolute Gasteiger partial charge is 0.256 e. The summed E-state index contributed by atoms with van der Waals surface area (Å²) < 4.78 is 0. The Morgan fingerprint density at radius 3 is 2.70 bits per heavy atom. The molecule has 1 nitrogen and oxygen atoms in total. The predicted molar refractivity (Wildman–Crippen MR) is 117 cm³/mol. The molecule has 0 radical (unpaired) electrons. The fraction of sp³-hybridized carbons (Fsp3) is 0.423.